The van der Waals surface area contributed by atoms with Crippen LogP contribution in [-0.2, 0) is 18.3 Å². The number of nitrogens with zero attached hydrogens (tertiary/aromatic N) is 5. The maximum Gasteiger partial charge on any atom is 0.253 e. The average Bonchev–Trinajstić information content (AvgIpc) is 3.32. The second-order valence-corrected chi connectivity index (χ2v) is 7.12. The summed E-state index contributed by atoms with van der Waals surface area (Å²) in [4.78, 5) is 23.9. The summed E-state index contributed by atoms with van der Waals surface area (Å²) in [7, 11) is 3.66. The lowest BCUT2D eigenvalue weighted by atomic mass is 9.96. The molecule has 7 heteroatoms. The number of aryl methyl sites for hydroxylation is 1. The quantitative estimate of drug-likeness (QED) is 0.695. The molecule has 3 heterocycles. The maximum atomic E-state index is 13.1. The van der Waals surface area contributed by atoms with E-state index in [2.05, 4.69) is 14.5 Å². The fraction of sp³-hybridized carbons (Fsp3) is 0.450. The van der Waals surface area contributed by atoms with E-state index in [0.717, 1.165) is 42.8 Å². The van der Waals surface area contributed by atoms with E-state index in [1.165, 1.54) is 0 Å². The smallest absolute Gasteiger partial charge is 0.253 e. The standard InChI is InChI=1S/C20H25N5O2/c1-23-14-22-17-12-15(5-6-18(17)23)20(26)25-8-3-4-16(13-25)19-21-7-9-24(19)10-11-27-2/h5-7,9,12,14,16H,3-4,8,10-11,13H2,1-2H3/t16-/m1/s1. The number of hydrogen-bond donors (Lipinski definition) is 0. The number of aromatic nitrogens is 4. The van der Waals surface area contributed by atoms with E-state index in [1.54, 1.807) is 13.4 Å². The summed E-state index contributed by atoms with van der Waals surface area (Å²) >= 11 is 0. The predicted octanol–water partition coefficient (Wildman–Crippen LogP) is 2.44. The van der Waals surface area contributed by atoms with E-state index in [9.17, 15) is 4.79 Å². The zero-order valence-corrected chi connectivity index (χ0v) is 15.8. The fourth-order valence-electron chi connectivity index (χ4n) is 3.88. The minimum atomic E-state index is 0.0715. The number of amides is 1. The van der Waals surface area contributed by atoms with Crippen LogP contribution >= 0.6 is 0 Å². The molecule has 1 aliphatic heterocycles. The average molecular weight is 367 g/mol. The maximum absolute atomic E-state index is 13.1. The van der Waals surface area contributed by atoms with Crippen LogP contribution in [0.2, 0.25) is 0 Å². The van der Waals surface area contributed by atoms with Crippen molar-refractivity contribution in [1.82, 2.24) is 24.0 Å². The van der Waals surface area contributed by atoms with Crippen molar-refractivity contribution in [3.8, 4) is 0 Å². The van der Waals surface area contributed by atoms with E-state index < -0.39 is 0 Å². The number of carbonyl (C=O) groups is 1. The number of methoxy groups -OCH3 is 1. The van der Waals surface area contributed by atoms with Crippen molar-refractivity contribution in [2.24, 2.45) is 7.05 Å². The molecular weight excluding hydrogens is 342 g/mol. The zero-order valence-electron chi connectivity index (χ0n) is 15.8. The molecule has 0 aliphatic carbocycles. The second kappa shape index (κ2) is 7.52. The van der Waals surface area contributed by atoms with Crippen molar-refractivity contribution < 1.29 is 9.53 Å². The van der Waals surface area contributed by atoms with Gasteiger partial charge in [0.15, 0.2) is 0 Å². The van der Waals surface area contributed by atoms with Gasteiger partial charge in [-0.25, -0.2) is 9.97 Å². The number of fused-ring (bicyclic) bond motifs is 1. The molecule has 27 heavy (non-hydrogen) atoms. The Morgan fingerprint density at radius 1 is 1.33 bits per heavy atom. The second-order valence-electron chi connectivity index (χ2n) is 7.12. The van der Waals surface area contributed by atoms with Gasteiger partial charge in [-0.05, 0) is 31.0 Å². The number of benzene rings is 1. The van der Waals surface area contributed by atoms with E-state index >= 15 is 0 Å². The number of imidazole rings is 2. The molecule has 1 atom stereocenters. The van der Waals surface area contributed by atoms with Crippen LogP contribution in [-0.4, -0.2) is 56.7 Å². The lowest BCUT2D eigenvalue weighted by Gasteiger charge is -2.32. The Labute approximate surface area is 158 Å². The Balaban J connectivity index is 1.52. The summed E-state index contributed by atoms with van der Waals surface area (Å²) in [6.07, 6.45) is 7.63. The molecule has 0 spiro atoms. The van der Waals surface area contributed by atoms with Gasteiger partial charge in [0.1, 0.15) is 5.82 Å². The van der Waals surface area contributed by atoms with Crippen molar-refractivity contribution >= 4 is 16.9 Å². The first kappa shape index (κ1) is 17.7. The Bertz CT molecular complexity index is 945. The number of hydrogen-bond acceptors (Lipinski definition) is 4. The Morgan fingerprint density at radius 3 is 3.07 bits per heavy atom. The zero-order chi connectivity index (χ0) is 18.8. The van der Waals surface area contributed by atoms with Crippen LogP contribution in [0, 0.1) is 0 Å². The molecule has 0 unspecified atom stereocenters. The van der Waals surface area contributed by atoms with Crippen LogP contribution in [0.1, 0.15) is 34.9 Å². The molecular formula is C20H25N5O2. The predicted molar refractivity (Wildman–Crippen MR) is 103 cm³/mol. The summed E-state index contributed by atoms with van der Waals surface area (Å²) in [5.74, 6) is 1.38. The molecule has 1 aromatic carbocycles. The third-order valence-corrected chi connectivity index (χ3v) is 5.33. The highest BCUT2D eigenvalue weighted by Crippen LogP contribution is 2.27. The van der Waals surface area contributed by atoms with Crippen LogP contribution in [0.4, 0.5) is 0 Å². The third-order valence-electron chi connectivity index (χ3n) is 5.33. The molecule has 0 radical (unpaired) electrons. The molecule has 1 amide bonds. The number of rotatable bonds is 5. The van der Waals surface area contributed by atoms with Crippen LogP contribution in [0.5, 0.6) is 0 Å². The van der Waals surface area contributed by atoms with Crippen LogP contribution < -0.4 is 0 Å². The van der Waals surface area contributed by atoms with Gasteiger partial charge in [0, 0.05) is 57.7 Å². The largest absolute Gasteiger partial charge is 0.383 e. The number of likely N-dealkylation sites (tertiary alicyclic amines) is 1. The lowest BCUT2D eigenvalue weighted by molar-refractivity contribution is 0.0702. The van der Waals surface area contributed by atoms with Gasteiger partial charge >= 0.3 is 0 Å². The summed E-state index contributed by atoms with van der Waals surface area (Å²) < 4.78 is 9.29. The third kappa shape index (κ3) is 3.47. The molecule has 0 N–H and O–H groups in total. The first-order chi connectivity index (χ1) is 13.2. The lowest BCUT2D eigenvalue weighted by Crippen LogP contribution is -2.39. The van der Waals surface area contributed by atoms with Crippen LogP contribution in [0.3, 0.4) is 0 Å². The summed E-state index contributed by atoms with van der Waals surface area (Å²) in [5.41, 5.74) is 2.58. The molecule has 4 rings (SSSR count). The molecule has 0 saturated carbocycles. The van der Waals surface area contributed by atoms with Gasteiger partial charge in [0.2, 0.25) is 0 Å². The summed E-state index contributed by atoms with van der Waals surface area (Å²) in [6, 6.07) is 5.75. The summed E-state index contributed by atoms with van der Waals surface area (Å²) in [5, 5.41) is 0. The molecule has 2 aromatic heterocycles. The van der Waals surface area contributed by atoms with Crippen molar-refractivity contribution in [3.63, 3.8) is 0 Å². The summed E-state index contributed by atoms with van der Waals surface area (Å²) in [6.45, 7) is 2.92. The first-order valence-electron chi connectivity index (χ1n) is 9.37. The van der Waals surface area contributed by atoms with Crippen molar-refractivity contribution in [3.05, 3.63) is 48.3 Å². The molecule has 1 fully saturated rings. The molecule has 142 valence electrons. The Morgan fingerprint density at radius 2 is 2.22 bits per heavy atom. The Kier molecular flexibility index (Phi) is 4.94. The van der Waals surface area contributed by atoms with Gasteiger partial charge in [0.25, 0.3) is 5.91 Å². The minimum absolute atomic E-state index is 0.0715. The fourth-order valence-corrected chi connectivity index (χ4v) is 3.88. The highest BCUT2D eigenvalue weighted by molar-refractivity contribution is 5.97. The highest BCUT2D eigenvalue weighted by atomic mass is 16.5. The molecule has 1 saturated heterocycles. The number of carbonyl (C=O) groups excluding carboxylic acids is 1. The van der Waals surface area contributed by atoms with Crippen LogP contribution in [0.15, 0.2) is 36.9 Å². The van der Waals surface area contributed by atoms with E-state index in [-0.39, 0.29) is 11.8 Å². The van der Waals surface area contributed by atoms with E-state index in [0.29, 0.717) is 18.7 Å². The normalized spacial score (nSPS) is 17.6. The molecule has 7 nitrogen and oxygen atoms in total. The van der Waals surface area contributed by atoms with Crippen molar-refractivity contribution in [2.45, 2.75) is 25.3 Å². The number of piperidine rings is 1. The van der Waals surface area contributed by atoms with Crippen molar-refractivity contribution in [2.75, 3.05) is 26.8 Å². The number of ether oxygens (including phenoxy) is 1. The van der Waals surface area contributed by atoms with Gasteiger partial charge in [-0.2, -0.15) is 0 Å². The molecule has 0 bridgehead atoms. The SMILES string of the molecule is COCCn1ccnc1[C@@H]1CCCN(C(=O)c2ccc3c(c2)ncn3C)C1. The van der Waals surface area contributed by atoms with Gasteiger partial charge in [-0.1, -0.05) is 0 Å². The van der Waals surface area contributed by atoms with Gasteiger partial charge in [0.05, 0.1) is 24.0 Å². The van der Waals surface area contributed by atoms with E-state index in [1.807, 2.05) is 47.1 Å². The monoisotopic (exact) mass is 367 g/mol. The van der Waals surface area contributed by atoms with Gasteiger partial charge in [-0.15, -0.1) is 0 Å². The highest BCUT2D eigenvalue weighted by Gasteiger charge is 2.28. The van der Waals surface area contributed by atoms with Gasteiger partial charge < -0.3 is 18.8 Å². The molecule has 3 aromatic rings. The van der Waals surface area contributed by atoms with Crippen LogP contribution in [0.25, 0.3) is 11.0 Å². The first-order valence-corrected chi connectivity index (χ1v) is 9.37. The molecule has 1 aliphatic rings. The van der Waals surface area contributed by atoms with Gasteiger partial charge in [-0.3, -0.25) is 4.79 Å². The topological polar surface area (TPSA) is 65.2 Å². The Hall–Kier alpha value is -2.67. The van der Waals surface area contributed by atoms with Crippen molar-refractivity contribution in [1.29, 1.82) is 0 Å². The van der Waals surface area contributed by atoms with E-state index in [4.69, 9.17) is 4.74 Å². The minimum Gasteiger partial charge on any atom is -0.383 e.